The first-order valence-electron chi connectivity index (χ1n) is 8.41. The van der Waals surface area contributed by atoms with Gasteiger partial charge in [-0.3, -0.25) is 9.59 Å². The van der Waals surface area contributed by atoms with Crippen molar-refractivity contribution in [1.29, 1.82) is 0 Å². The molecule has 1 heterocycles. The molecule has 10 nitrogen and oxygen atoms in total. The molecular weight excluding hydrogens is 342 g/mol. The minimum Gasteiger partial charge on any atom is -0.480 e. The molecule has 0 aromatic carbocycles. The van der Waals surface area contributed by atoms with Gasteiger partial charge in [0.1, 0.15) is 6.04 Å². The molecule has 0 spiro atoms. The minimum absolute atomic E-state index is 0.0664. The first-order valence-corrected chi connectivity index (χ1v) is 8.41. The number of aromatic nitrogens is 2. The largest absolute Gasteiger partial charge is 0.480 e. The number of imidazole rings is 1. The van der Waals surface area contributed by atoms with E-state index in [9.17, 15) is 19.5 Å². The highest BCUT2D eigenvalue weighted by Crippen LogP contribution is 2.07. The molecule has 2 amide bonds. The van der Waals surface area contributed by atoms with Gasteiger partial charge in [0.05, 0.1) is 18.5 Å². The third-order valence-corrected chi connectivity index (χ3v) is 4.22. The van der Waals surface area contributed by atoms with Crippen LogP contribution in [-0.4, -0.2) is 62.2 Å². The fourth-order valence-corrected chi connectivity index (χ4v) is 2.25. The van der Waals surface area contributed by atoms with Crippen LogP contribution in [0.5, 0.6) is 0 Å². The summed E-state index contributed by atoms with van der Waals surface area (Å²) >= 11 is 0. The van der Waals surface area contributed by atoms with Crippen molar-refractivity contribution in [3.63, 3.8) is 0 Å². The van der Waals surface area contributed by atoms with Gasteiger partial charge in [0.2, 0.25) is 11.8 Å². The van der Waals surface area contributed by atoms with E-state index in [-0.39, 0.29) is 12.3 Å². The van der Waals surface area contributed by atoms with Crippen LogP contribution in [0.1, 0.15) is 32.9 Å². The van der Waals surface area contributed by atoms with Gasteiger partial charge < -0.3 is 31.6 Å². The maximum Gasteiger partial charge on any atom is 0.328 e. The number of carboxylic acid groups (broad SMARTS) is 1. The number of hydrogen-bond acceptors (Lipinski definition) is 6. The number of carbonyl (C=O) groups is 3. The fourth-order valence-electron chi connectivity index (χ4n) is 2.25. The van der Waals surface area contributed by atoms with Gasteiger partial charge in [0, 0.05) is 18.3 Å². The van der Waals surface area contributed by atoms with Crippen LogP contribution in [0, 0.1) is 5.92 Å². The standard InChI is InChI=1S/C16H27N5O5/c1-4-8(2)12(17)15(24)20-11(5-10-6-18-7-19-10)14(23)21-13(9(3)22)16(25)26/h6-9,11-13,22H,4-5,17H2,1-3H3,(H,18,19)(H,20,24)(H,21,23)(H,25,26). The minimum atomic E-state index is -1.49. The predicted molar refractivity (Wildman–Crippen MR) is 92.9 cm³/mol. The van der Waals surface area contributed by atoms with Crippen LogP contribution >= 0.6 is 0 Å². The average molecular weight is 369 g/mol. The Bertz CT molecular complexity index is 604. The van der Waals surface area contributed by atoms with Crippen molar-refractivity contribution in [2.24, 2.45) is 11.7 Å². The molecule has 0 bridgehead atoms. The lowest BCUT2D eigenvalue weighted by Crippen LogP contribution is -2.57. The molecule has 0 radical (unpaired) electrons. The van der Waals surface area contributed by atoms with E-state index in [4.69, 9.17) is 10.8 Å². The zero-order chi connectivity index (χ0) is 19.9. The molecule has 10 heteroatoms. The van der Waals surface area contributed by atoms with Crippen LogP contribution < -0.4 is 16.4 Å². The van der Waals surface area contributed by atoms with Crippen LogP contribution in [-0.2, 0) is 20.8 Å². The van der Waals surface area contributed by atoms with E-state index in [1.54, 1.807) is 0 Å². The summed E-state index contributed by atoms with van der Waals surface area (Å²) in [6.45, 7) is 4.97. The Kier molecular flexibility index (Phi) is 8.20. The number of aliphatic hydroxyl groups is 1. The van der Waals surface area contributed by atoms with E-state index in [0.29, 0.717) is 12.1 Å². The highest BCUT2D eigenvalue weighted by atomic mass is 16.4. The van der Waals surface area contributed by atoms with Crippen LogP contribution in [0.3, 0.4) is 0 Å². The average Bonchev–Trinajstić information content (AvgIpc) is 3.09. The Morgan fingerprint density at radius 1 is 1.27 bits per heavy atom. The van der Waals surface area contributed by atoms with Crippen LogP contribution in [0.15, 0.2) is 12.5 Å². The number of nitrogens with zero attached hydrogens (tertiary/aromatic N) is 1. The lowest BCUT2D eigenvalue weighted by molar-refractivity contribution is -0.145. The topological polar surface area (TPSA) is 170 Å². The van der Waals surface area contributed by atoms with Crippen LogP contribution in [0.2, 0.25) is 0 Å². The molecular formula is C16H27N5O5. The lowest BCUT2D eigenvalue weighted by atomic mass is 9.98. The van der Waals surface area contributed by atoms with Gasteiger partial charge in [0.25, 0.3) is 0 Å². The second kappa shape index (κ2) is 9.88. The monoisotopic (exact) mass is 369 g/mol. The normalized spacial score (nSPS) is 16.8. The number of carbonyl (C=O) groups excluding carboxylic acids is 2. The highest BCUT2D eigenvalue weighted by molar-refractivity contribution is 5.92. The molecule has 7 N–H and O–H groups in total. The number of nitrogens with one attached hydrogen (secondary N) is 3. The van der Waals surface area contributed by atoms with Crippen LogP contribution in [0.25, 0.3) is 0 Å². The number of carboxylic acids is 1. The van der Waals surface area contributed by atoms with Crippen molar-refractivity contribution in [1.82, 2.24) is 20.6 Å². The fraction of sp³-hybridized carbons (Fsp3) is 0.625. The Labute approximate surface area is 151 Å². The second-order valence-corrected chi connectivity index (χ2v) is 6.32. The van der Waals surface area contributed by atoms with Gasteiger partial charge >= 0.3 is 5.97 Å². The van der Waals surface area contributed by atoms with Crippen molar-refractivity contribution in [3.05, 3.63) is 18.2 Å². The van der Waals surface area contributed by atoms with Crippen molar-refractivity contribution in [3.8, 4) is 0 Å². The summed E-state index contributed by atoms with van der Waals surface area (Å²) < 4.78 is 0. The number of aliphatic hydroxyl groups excluding tert-OH is 1. The Hall–Kier alpha value is -2.46. The molecule has 0 aliphatic rings. The van der Waals surface area contributed by atoms with E-state index < -0.39 is 42.0 Å². The summed E-state index contributed by atoms with van der Waals surface area (Å²) in [5.41, 5.74) is 6.47. The number of amides is 2. The summed E-state index contributed by atoms with van der Waals surface area (Å²) in [5.74, 6) is -2.72. The molecule has 0 saturated carbocycles. The number of H-pyrrole nitrogens is 1. The van der Waals surface area contributed by atoms with Gasteiger partial charge in [-0.05, 0) is 12.8 Å². The number of aromatic amines is 1. The van der Waals surface area contributed by atoms with E-state index >= 15 is 0 Å². The summed E-state index contributed by atoms with van der Waals surface area (Å²) in [6, 6.07) is -3.37. The van der Waals surface area contributed by atoms with Gasteiger partial charge in [-0.15, -0.1) is 0 Å². The molecule has 1 rings (SSSR count). The van der Waals surface area contributed by atoms with Gasteiger partial charge in [-0.2, -0.15) is 0 Å². The third-order valence-electron chi connectivity index (χ3n) is 4.22. The molecule has 0 saturated heterocycles. The highest BCUT2D eigenvalue weighted by Gasteiger charge is 2.31. The number of rotatable bonds is 10. The van der Waals surface area contributed by atoms with Gasteiger partial charge in [-0.1, -0.05) is 20.3 Å². The molecule has 1 aromatic heterocycles. The second-order valence-electron chi connectivity index (χ2n) is 6.32. The van der Waals surface area contributed by atoms with E-state index in [2.05, 4.69) is 20.6 Å². The summed E-state index contributed by atoms with van der Waals surface area (Å²) in [4.78, 5) is 42.7. The first-order chi connectivity index (χ1) is 12.2. The van der Waals surface area contributed by atoms with Gasteiger partial charge in [-0.25, -0.2) is 9.78 Å². The molecule has 0 aliphatic heterocycles. The molecule has 5 atom stereocenters. The van der Waals surface area contributed by atoms with Crippen molar-refractivity contribution in [2.45, 2.75) is 57.8 Å². The molecule has 26 heavy (non-hydrogen) atoms. The first kappa shape index (κ1) is 21.6. The summed E-state index contributed by atoms with van der Waals surface area (Å²) in [6.07, 6.45) is 2.37. The summed E-state index contributed by atoms with van der Waals surface area (Å²) in [7, 11) is 0. The maximum atomic E-state index is 12.5. The quantitative estimate of drug-likeness (QED) is 0.299. The van der Waals surface area contributed by atoms with Crippen molar-refractivity contribution < 1.29 is 24.6 Å². The van der Waals surface area contributed by atoms with Crippen molar-refractivity contribution in [2.75, 3.05) is 0 Å². The SMILES string of the molecule is CCC(C)C(N)C(=O)NC(Cc1cnc[nH]1)C(=O)NC(C(=O)O)C(C)O. The molecule has 146 valence electrons. The molecule has 0 fully saturated rings. The van der Waals surface area contributed by atoms with E-state index in [1.165, 1.54) is 19.4 Å². The van der Waals surface area contributed by atoms with Crippen molar-refractivity contribution >= 4 is 17.8 Å². The third kappa shape index (κ3) is 6.12. The Balaban J connectivity index is 2.91. The number of nitrogens with two attached hydrogens (primary N) is 1. The van der Waals surface area contributed by atoms with E-state index in [1.807, 2.05) is 13.8 Å². The zero-order valence-corrected chi connectivity index (χ0v) is 15.1. The Morgan fingerprint density at radius 3 is 2.38 bits per heavy atom. The molecule has 1 aromatic rings. The predicted octanol–water partition coefficient (Wildman–Crippen LogP) is -1.24. The van der Waals surface area contributed by atoms with Crippen LogP contribution in [0.4, 0.5) is 0 Å². The Morgan fingerprint density at radius 2 is 1.92 bits per heavy atom. The smallest absolute Gasteiger partial charge is 0.328 e. The van der Waals surface area contributed by atoms with E-state index in [0.717, 1.165) is 0 Å². The number of hydrogen-bond donors (Lipinski definition) is 6. The summed E-state index contributed by atoms with van der Waals surface area (Å²) in [5, 5.41) is 23.4. The molecule has 0 aliphatic carbocycles. The van der Waals surface area contributed by atoms with Gasteiger partial charge in [0.15, 0.2) is 6.04 Å². The lowest BCUT2D eigenvalue weighted by Gasteiger charge is -2.25. The number of aliphatic carboxylic acids is 1. The molecule has 5 unspecified atom stereocenters. The maximum absolute atomic E-state index is 12.5. The zero-order valence-electron chi connectivity index (χ0n) is 15.1.